The Bertz CT molecular complexity index is 413. The van der Waals surface area contributed by atoms with E-state index in [4.69, 9.17) is 10.5 Å². The molecular weight excluding hydrogens is 248 g/mol. The first-order chi connectivity index (χ1) is 9.81. The van der Waals surface area contributed by atoms with E-state index in [9.17, 15) is 0 Å². The molecule has 20 heavy (non-hydrogen) atoms. The SMILES string of the molecule is Nc1ccccc1OCCCN(CC1CC1)CC1CC1. The molecule has 3 heteroatoms. The molecule has 0 heterocycles. The molecule has 0 unspecified atom stereocenters. The van der Waals surface area contributed by atoms with E-state index in [0.29, 0.717) is 0 Å². The molecule has 0 aromatic heterocycles. The first-order valence-corrected chi connectivity index (χ1v) is 8.01. The lowest BCUT2D eigenvalue weighted by atomic mass is 10.3. The summed E-state index contributed by atoms with van der Waals surface area (Å²) >= 11 is 0. The van der Waals surface area contributed by atoms with Gasteiger partial charge in [0.25, 0.3) is 0 Å². The maximum atomic E-state index is 5.88. The predicted molar refractivity (Wildman–Crippen MR) is 82.9 cm³/mol. The highest BCUT2D eigenvalue weighted by atomic mass is 16.5. The highest BCUT2D eigenvalue weighted by Gasteiger charge is 2.28. The van der Waals surface area contributed by atoms with Gasteiger partial charge in [0.05, 0.1) is 12.3 Å². The van der Waals surface area contributed by atoms with Crippen LogP contribution in [0.25, 0.3) is 0 Å². The number of hydrogen-bond donors (Lipinski definition) is 1. The van der Waals surface area contributed by atoms with E-state index in [0.717, 1.165) is 36.3 Å². The highest BCUT2D eigenvalue weighted by Crippen LogP contribution is 2.33. The van der Waals surface area contributed by atoms with E-state index < -0.39 is 0 Å². The number of benzene rings is 1. The second kappa shape index (κ2) is 6.49. The van der Waals surface area contributed by atoms with Gasteiger partial charge in [0.1, 0.15) is 5.75 Å². The third-order valence-electron chi connectivity index (χ3n) is 4.22. The summed E-state index contributed by atoms with van der Waals surface area (Å²) in [5, 5.41) is 0. The summed E-state index contributed by atoms with van der Waals surface area (Å²) in [6.45, 7) is 4.55. The van der Waals surface area contributed by atoms with Gasteiger partial charge in [-0.05, 0) is 56.1 Å². The Morgan fingerprint density at radius 3 is 2.30 bits per heavy atom. The van der Waals surface area contributed by atoms with E-state index in [-0.39, 0.29) is 0 Å². The maximum absolute atomic E-state index is 5.88. The average Bonchev–Trinajstić information content (AvgIpc) is 3.32. The lowest BCUT2D eigenvalue weighted by Crippen LogP contribution is -2.30. The Labute approximate surface area is 122 Å². The second-order valence-corrected chi connectivity index (χ2v) is 6.39. The van der Waals surface area contributed by atoms with Crippen LogP contribution in [0.15, 0.2) is 24.3 Å². The van der Waals surface area contributed by atoms with Gasteiger partial charge in [-0.25, -0.2) is 0 Å². The van der Waals surface area contributed by atoms with Crippen molar-refractivity contribution < 1.29 is 4.74 Å². The lowest BCUT2D eigenvalue weighted by Gasteiger charge is -2.22. The molecule has 2 aliphatic rings. The Balaban J connectivity index is 1.37. The smallest absolute Gasteiger partial charge is 0.142 e. The molecule has 0 radical (unpaired) electrons. The first-order valence-electron chi connectivity index (χ1n) is 8.01. The molecule has 2 N–H and O–H groups in total. The number of nitrogens with two attached hydrogens (primary N) is 1. The van der Waals surface area contributed by atoms with Crippen molar-refractivity contribution in [3.8, 4) is 5.75 Å². The van der Waals surface area contributed by atoms with Gasteiger partial charge >= 0.3 is 0 Å². The van der Waals surface area contributed by atoms with Gasteiger partial charge in [-0.2, -0.15) is 0 Å². The molecule has 0 bridgehead atoms. The van der Waals surface area contributed by atoms with Crippen molar-refractivity contribution >= 4 is 5.69 Å². The quantitative estimate of drug-likeness (QED) is 0.555. The van der Waals surface area contributed by atoms with Crippen LogP contribution in [-0.4, -0.2) is 31.1 Å². The van der Waals surface area contributed by atoms with Gasteiger partial charge in [0.15, 0.2) is 0 Å². The van der Waals surface area contributed by atoms with Crippen molar-refractivity contribution in [1.29, 1.82) is 0 Å². The molecule has 1 aromatic rings. The van der Waals surface area contributed by atoms with Crippen molar-refractivity contribution in [2.45, 2.75) is 32.1 Å². The zero-order chi connectivity index (χ0) is 13.8. The van der Waals surface area contributed by atoms with E-state index in [2.05, 4.69) is 4.90 Å². The Morgan fingerprint density at radius 1 is 1.05 bits per heavy atom. The Hall–Kier alpha value is -1.22. The average molecular weight is 274 g/mol. The van der Waals surface area contributed by atoms with Crippen LogP contribution < -0.4 is 10.5 Å². The van der Waals surface area contributed by atoms with Crippen LogP contribution in [-0.2, 0) is 0 Å². The van der Waals surface area contributed by atoms with Gasteiger partial charge in [-0.3, -0.25) is 0 Å². The molecule has 0 amide bonds. The number of rotatable bonds is 9. The van der Waals surface area contributed by atoms with Gasteiger partial charge in [-0.1, -0.05) is 12.1 Å². The number of anilines is 1. The largest absolute Gasteiger partial charge is 0.491 e. The molecule has 0 spiro atoms. The van der Waals surface area contributed by atoms with Gasteiger partial charge < -0.3 is 15.4 Å². The predicted octanol–water partition coefficient (Wildman–Crippen LogP) is 3.16. The maximum Gasteiger partial charge on any atom is 0.142 e. The Morgan fingerprint density at radius 2 is 1.70 bits per heavy atom. The highest BCUT2D eigenvalue weighted by molar-refractivity contribution is 5.51. The van der Waals surface area contributed by atoms with Crippen molar-refractivity contribution in [2.24, 2.45) is 11.8 Å². The summed E-state index contributed by atoms with van der Waals surface area (Å²) < 4.78 is 5.78. The number of hydrogen-bond acceptors (Lipinski definition) is 3. The minimum atomic E-state index is 0.736. The summed E-state index contributed by atoms with van der Waals surface area (Å²) in [6, 6.07) is 7.75. The van der Waals surface area contributed by atoms with Crippen molar-refractivity contribution in [2.75, 3.05) is 32.0 Å². The van der Waals surface area contributed by atoms with Crippen LogP contribution in [0.1, 0.15) is 32.1 Å². The van der Waals surface area contributed by atoms with E-state index in [1.54, 1.807) is 0 Å². The number of ether oxygens (including phenoxy) is 1. The van der Waals surface area contributed by atoms with Crippen LogP contribution >= 0.6 is 0 Å². The Kier molecular flexibility index (Phi) is 4.46. The fraction of sp³-hybridized carbons (Fsp3) is 0.647. The summed E-state index contributed by atoms with van der Waals surface area (Å²) in [5.41, 5.74) is 6.61. The molecule has 1 aromatic carbocycles. The number of para-hydroxylation sites is 2. The molecule has 0 saturated heterocycles. The van der Waals surface area contributed by atoms with Gasteiger partial charge in [0.2, 0.25) is 0 Å². The zero-order valence-corrected chi connectivity index (χ0v) is 12.3. The molecular formula is C17H26N2O. The fourth-order valence-electron chi connectivity index (χ4n) is 2.67. The van der Waals surface area contributed by atoms with Gasteiger partial charge in [-0.15, -0.1) is 0 Å². The van der Waals surface area contributed by atoms with Crippen molar-refractivity contribution in [3.63, 3.8) is 0 Å². The molecule has 3 nitrogen and oxygen atoms in total. The summed E-state index contributed by atoms with van der Waals surface area (Å²) in [5.74, 6) is 2.79. The third kappa shape index (κ3) is 4.41. The lowest BCUT2D eigenvalue weighted by molar-refractivity contribution is 0.221. The van der Waals surface area contributed by atoms with E-state index in [1.807, 2.05) is 24.3 Å². The van der Waals surface area contributed by atoms with Crippen LogP contribution in [0.3, 0.4) is 0 Å². The van der Waals surface area contributed by atoms with Crippen LogP contribution in [0.4, 0.5) is 5.69 Å². The number of nitrogen functional groups attached to an aromatic ring is 1. The first kappa shape index (κ1) is 13.7. The minimum absolute atomic E-state index is 0.736. The molecule has 3 rings (SSSR count). The third-order valence-corrected chi connectivity index (χ3v) is 4.22. The van der Waals surface area contributed by atoms with E-state index >= 15 is 0 Å². The standard InChI is InChI=1S/C17H26N2O/c18-16-4-1-2-5-17(16)20-11-3-10-19(12-14-6-7-14)13-15-8-9-15/h1-2,4-5,14-15H,3,6-13,18H2. The molecule has 2 aliphatic carbocycles. The van der Waals surface area contributed by atoms with Crippen LogP contribution in [0.5, 0.6) is 5.75 Å². The van der Waals surface area contributed by atoms with Gasteiger partial charge in [0, 0.05) is 19.6 Å². The fourth-order valence-corrected chi connectivity index (χ4v) is 2.67. The van der Waals surface area contributed by atoms with Crippen LogP contribution in [0, 0.1) is 11.8 Å². The molecule has 2 saturated carbocycles. The minimum Gasteiger partial charge on any atom is -0.491 e. The molecule has 110 valence electrons. The summed E-state index contributed by atoms with van der Waals surface area (Å²) in [7, 11) is 0. The molecule has 2 fully saturated rings. The second-order valence-electron chi connectivity index (χ2n) is 6.39. The molecule has 0 aliphatic heterocycles. The van der Waals surface area contributed by atoms with Crippen molar-refractivity contribution in [1.82, 2.24) is 4.90 Å². The topological polar surface area (TPSA) is 38.5 Å². The zero-order valence-electron chi connectivity index (χ0n) is 12.3. The molecule has 0 atom stereocenters. The monoisotopic (exact) mass is 274 g/mol. The normalized spacial score (nSPS) is 18.4. The summed E-state index contributed by atoms with van der Waals surface area (Å²) in [4.78, 5) is 2.66. The number of nitrogens with zero attached hydrogens (tertiary/aromatic N) is 1. The summed E-state index contributed by atoms with van der Waals surface area (Å²) in [6.07, 6.45) is 6.86. The van der Waals surface area contributed by atoms with Crippen LogP contribution in [0.2, 0.25) is 0 Å². The van der Waals surface area contributed by atoms with E-state index in [1.165, 1.54) is 45.3 Å². The van der Waals surface area contributed by atoms with Crippen molar-refractivity contribution in [3.05, 3.63) is 24.3 Å².